The van der Waals surface area contributed by atoms with Gasteiger partial charge in [0.05, 0.1) is 6.10 Å². The lowest BCUT2D eigenvalue weighted by Crippen LogP contribution is -2.39. The Morgan fingerprint density at radius 2 is 2.15 bits per heavy atom. The minimum Gasteiger partial charge on any atom is -0.392 e. The molecule has 3 heteroatoms. The molecule has 2 unspecified atom stereocenters. The van der Waals surface area contributed by atoms with Gasteiger partial charge in [0.1, 0.15) is 0 Å². The van der Waals surface area contributed by atoms with E-state index in [1.807, 2.05) is 6.92 Å². The van der Waals surface area contributed by atoms with Gasteiger partial charge in [0.2, 0.25) is 0 Å². The maximum atomic E-state index is 9.29. The van der Waals surface area contributed by atoms with Gasteiger partial charge in [0, 0.05) is 19.1 Å². The molecule has 1 aliphatic heterocycles. The van der Waals surface area contributed by atoms with Crippen molar-refractivity contribution in [3.63, 3.8) is 0 Å². The first-order chi connectivity index (χ1) is 6.09. The minimum absolute atomic E-state index is 0.199. The monoisotopic (exact) mass is 186 g/mol. The van der Waals surface area contributed by atoms with Crippen molar-refractivity contribution in [2.45, 2.75) is 32.4 Å². The van der Waals surface area contributed by atoms with Crippen LogP contribution in [0, 0.1) is 0 Å². The summed E-state index contributed by atoms with van der Waals surface area (Å²) >= 11 is 0. The summed E-state index contributed by atoms with van der Waals surface area (Å²) in [5.74, 6) is 0. The van der Waals surface area contributed by atoms with Crippen molar-refractivity contribution in [3.8, 4) is 0 Å². The summed E-state index contributed by atoms with van der Waals surface area (Å²) in [4.78, 5) is 4.75. The van der Waals surface area contributed by atoms with Gasteiger partial charge in [-0.2, -0.15) is 0 Å². The van der Waals surface area contributed by atoms with E-state index in [1.54, 1.807) is 0 Å². The van der Waals surface area contributed by atoms with Gasteiger partial charge < -0.3 is 10.0 Å². The number of aliphatic hydroxyl groups is 1. The average Bonchev–Trinajstić information content (AvgIpc) is 2.14. The summed E-state index contributed by atoms with van der Waals surface area (Å²) in [5.41, 5.74) is 0. The molecule has 0 aromatic carbocycles. The second-order valence-corrected chi connectivity index (χ2v) is 4.29. The lowest BCUT2D eigenvalue weighted by Gasteiger charge is -2.26. The van der Waals surface area contributed by atoms with Crippen LogP contribution in [-0.4, -0.2) is 60.3 Å². The highest BCUT2D eigenvalue weighted by Gasteiger charge is 2.18. The summed E-state index contributed by atoms with van der Waals surface area (Å²) < 4.78 is 0. The van der Waals surface area contributed by atoms with Gasteiger partial charge in [-0.15, -0.1) is 0 Å². The molecule has 1 N–H and O–H groups in total. The SMILES string of the molecule is CC(O)CN1CCCN(C)C(C)C1. The molecule has 1 saturated heterocycles. The van der Waals surface area contributed by atoms with Gasteiger partial charge in [0.15, 0.2) is 0 Å². The van der Waals surface area contributed by atoms with Crippen LogP contribution in [0.4, 0.5) is 0 Å². The van der Waals surface area contributed by atoms with Crippen molar-refractivity contribution in [3.05, 3.63) is 0 Å². The van der Waals surface area contributed by atoms with E-state index in [2.05, 4.69) is 23.8 Å². The van der Waals surface area contributed by atoms with E-state index in [1.165, 1.54) is 13.0 Å². The van der Waals surface area contributed by atoms with Crippen LogP contribution in [0.2, 0.25) is 0 Å². The Labute approximate surface area is 81.3 Å². The molecule has 1 heterocycles. The third-order valence-electron chi connectivity index (χ3n) is 2.78. The first kappa shape index (κ1) is 11.0. The highest BCUT2D eigenvalue weighted by atomic mass is 16.3. The quantitative estimate of drug-likeness (QED) is 0.676. The van der Waals surface area contributed by atoms with E-state index >= 15 is 0 Å². The smallest absolute Gasteiger partial charge is 0.0639 e. The van der Waals surface area contributed by atoms with Crippen LogP contribution >= 0.6 is 0 Å². The number of rotatable bonds is 2. The number of nitrogens with zero attached hydrogens (tertiary/aromatic N) is 2. The van der Waals surface area contributed by atoms with Crippen LogP contribution < -0.4 is 0 Å². The van der Waals surface area contributed by atoms with Crippen molar-refractivity contribution in [1.29, 1.82) is 0 Å². The minimum atomic E-state index is -0.199. The lowest BCUT2D eigenvalue weighted by atomic mass is 10.3. The van der Waals surface area contributed by atoms with E-state index in [-0.39, 0.29) is 6.10 Å². The molecule has 2 atom stereocenters. The van der Waals surface area contributed by atoms with Crippen LogP contribution in [0.15, 0.2) is 0 Å². The molecular weight excluding hydrogens is 164 g/mol. The van der Waals surface area contributed by atoms with Crippen LogP contribution in [-0.2, 0) is 0 Å². The van der Waals surface area contributed by atoms with E-state index in [0.717, 1.165) is 19.6 Å². The molecule has 78 valence electrons. The second-order valence-electron chi connectivity index (χ2n) is 4.29. The number of β-amino-alcohol motifs (C(OH)–C–C–N with tert-alkyl or cyclic N) is 1. The zero-order valence-corrected chi connectivity index (χ0v) is 9.03. The molecule has 0 aromatic rings. The fourth-order valence-electron chi connectivity index (χ4n) is 1.91. The maximum absolute atomic E-state index is 9.29. The van der Waals surface area contributed by atoms with Gasteiger partial charge in [-0.05, 0) is 40.4 Å². The maximum Gasteiger partial charge on any atom is 0.0639 e. The Bertz CT molecular complexity index is 150. The summed E-state index contributed by atoms with van der Waals surface area (Å²) in [7, 11) is 2.18. The van der Waals surface area contributed by atoms with Crippen molar-refractivity contribution >= 4 is 0 Å². The number of hydrogen-bond donors (Lipinski definition) is 1. The Balaban J connectivity index is 2.39. The predicted molar refractivity (Wildman–Crippen MR) is 54.8 cm³/mol. The summed E-state index contributed by atoms with van der Waals surface area (Å²) in [6.07, 6.45) is 1.02. The first-order valence-corrected chi connectivity index (χ1v) is 5.20. The number of likely N-dealkylation sites (N-methyl/N-ethyl adjacent to an activating group) is 1. The molecule has 0 saturated carbocycles. The molecule has 1 fully saturated rings. The van der Waals surface area contributed by atoms with Crippen LogP contribution in [0.1, 0.15) is 20.3 Å². The Morgan fingerprint density at radius 1 is 1.46 bits per heavy atom. The van der Waals surface area contributed by atoms with Crippen molar-refractivity contribution in [2.24, 2.45) is 0 Å². The van der Waals surface area contributed by atoms with Crippen LogP contribution in [0.5, 0.6) is 0 Å². The fourth-order valence-corrected chi connectivity index (χ4v) is 1.91. The van der Waals surface area contributed by atoms with E-state index in [9.17, 15) is 5.11 Å². The second kappa shape index (κ2) is 4.94. The number of aliphatic hydroxyl groups excluding tert-OH is 1. The fraction of sp³-hybridized carbons (Fsp3) is 1.00. The van der Waals surface area contributed by atoms with Crippen molar-refractivity contribution in [2.75, 3.05) is 33.2 Å². The topological polar surface area (TPSA) is 26.7 Å². The van der Waals surface area contributed by atoms with E-state index < -0.39 is 0 Å². The van der Waals surface area contributed by atoms with E-state index in [4.69, 9.17) is 0 Å². The third-order valence-corrected chi connectivity index (χ3v) is 2.78. The molecule has 0 spiro atoms. The highest BCUT2D eigenvalue weighted by Crippen LogP contribution is 2.07. The van der Waals surface area contributed by atoms with Crippen molar-refractivity contribution < 1.29 is 5.11 Å². The zero-order chi connectivity index (χ0) is 9.84. The zero-order valence-electron chi connectivity index (χ0n) is 9.03. The third kappa shape index (κ3) is 3.63. The van der Waals surface area contributed by atoms with Gasteiger partial charge in [-0.3, -0.25) is 4.90 Å². The largest absolute Gasteiger partial charge is 0.392 e. The highest BCUT2D eigenvalue weighted by molar-refractivity contribution is 4.75. The molecular formula is C10H22N2O. The molecule has 0 aromatic heterocycles. The van der Waals surface area contributed by atoms with Gasteiger partial charge in [-0.1, -0.05) is 0 Å². The van der Waals surface area contributed by atoms with Crippen LogP contribution in [0.25, 0.3) is 0 Å². The van der Waals surface area contributed by atoms with Gasteiger partial charge in [-0.25, -0.2) is 0 Å². The Morgan fingerprint density at radius 3 is 2.77 bits per heavy atom. The normalized spacial score (nSPS) is 30.0. The average molecular weight is 186 g/mol. The molecule has 3 nitrogen and oxygen atoms in total. The van der Waals surface area contributed by atoms with E-state index in [0.29, 0.717) is 6.04 Å². The molecule has 0 amide bonds. The van der Waals surface area contributed by atoms with Crippen LogP contribution in [0.3, 0.4) is 0 Å². The van der Waals surface area contributed by atoms with Crippen molar-refractivity contribution in [1.82, 2.24) is 9.80 Å². The van der Waals surface area contributed by atoms with Gasteiger partial charge in [0.25, 0.3) is 0 Å². The molecule has 1 rings (SSSR count). The molecule has 13 heavy (non-hydrogen) atoms. The number of hydrogen-bond acceptors (Lipinski definition) is 3. The summed E-state index contributed by atoms with van der Waals surface area (Å²) in [6, 6.07) is 0.612. The Kier molecular flexibility index (Phi) is 4.16. The summed E-state index contributed by atoms with van der Waals surface area (Å²) in [5, 5.41) is 9.29. The summed E-state index contributed by atoms with van der Waals surface area (Å²) in [6.45, 7) is 8.32. The van der Waals surface area contributed by atoms with Gasteiger partial charge >= 0.3 is 0 Å². The first-order valence-electron chi connectivity index (χ1n) is 5.20. The molecule has 0 aliphatic carbocycles. The lowest BCUT2D eigenvalue weighted by molar-refractivity contribution is 0.120. The molecule has 0 bridgehead atoms. The predicted octanol–water partition coefficient (Wildman–Crippen LogP) is 0.393. The Hall–Kier alpha value is -0.120. The molecule has 1 aliphatic rings. The standard InChI is InChI=1S/C10H22N2O/c1-9-7-12(8-10(2)13)6-4-5-11(9)3/h9-10,13H,4-8H2,1-3H3. The molecule has 0 radical (unpaired) electrons.